The fraction of sp³-hybridized carbons (Fsp3) is 0.385. The number of urea groups is 1. The number of aliphatic hydroxyl groups is 1. The van der Waals surface area contributed by atoms with Crippen LogP contribution in [0.15, 0.2) is 55.1 Å². The number of benzene rings is 1. The Morgan fingerprint density at radius 2 is 1.94 bits per heavy atom. The Kier molecular flexibility index (Phi) is 7.26. The summed E-state index contributed by atoms with van der Waals surface area (Å²) in [6.07, 6.45) is 10.6. The molecule has 2 amide bonds. The zero-order valence-electron chi connectivity index (χ0n) is 20.3. The lowest BCUT2D eigenvalue weighted by Crippen LogP contribution is -2.37. The molecule has 0 aliphatic carbocycles. The van der Waals surface area contributed by atoms with E-state index >= 15 is 0 Å². The third-order valence-electron chi connectivity index (χ3n) is 6.92. The first-order valence-corrected chi connectivity index (χ1v) is 12.9. The molecule has 1 aromatic carbocycles. The standard InChI is InChI=1S/C25H26N6O2S.CH4O/c32-24(30-9-6-25(17-30)7-10-33-11-8-25)29-23-28-21-14-26-13-20(22(21)34-23)19-12-27-31(16-19)15-18-4-2-1-3-5-18;1-2/h1-5,12-14,16H,6-11,15,17H2,(H,28,29,32);2H,1H3. The molecule has 0 radical (unpaired) electrons. The number of thiazole rings is 1. The summed E-state index contributed by atoms with van der Waals surface area (Å²) >= 11 is 1.48. The van der Waals surface area contributed by atoms with Crippen molar-refractivity contribution >= 4 is 32.7 Å². The van der Waals surface area contributed by atoms with Crippen LogP contribution in [0.4, 0.5) is 9.93 Å². The van der Waals surface area contributed by atoms with E-state index < -0.39 is 0 Å². The van der Waals surface area contributed by atoms with Crippen molar-refractivity contribution in [2.45, 2.75) is 25.8 Å². The van der Waals surface area contributed by atoms with Crippen LogP contribution < -0.4 is 5.32 Å². The SMILES string of the molecule is CO.O=C(Nc1nc2cncc(-c3cnn(Cc4ccccc4)c3)c2s1)N1CCC2(CCOCC2)C1. The molecule has 9 nitrogen and oxygen atoms in total. The van der Waals surface area contributed by atoms with Gasteiger partial charge in [0.2, 0.25) is 0 Å². The molecule has 3 aromatic heterocycles. The largest absolute Gasteiger partial charge is 0.400 e. The van der Waals surface area contributed by atoms with Gasteiger partial charge in [-0.15, -0.1) is 0 Å². The minimum atomic E-state index is -0.0763. The van der Waals surface area contributed by atoms with E-state index in [1.807, 2.05) is 46.4 Å². The van der Waals surface area contributed by atoms with Crippen molar-refractivity contribution in [1.82, 2.24) is 24.6 Å². The van der Waals surface area contributed by atoms with Crippen molar-refractivity contribution in [3.05, 3.63) is 60.7 Å². The van der Waals surface area contributed by atoms with Crippen LogP contribution in [0.1, 0.15) is 24.8 Å². The molecule has 0 bridgehead atoms. The third kappa shape index (κ3) is 5.11. The summed E-state index contributed by atoms with van der Waals surface area (Å²) in [6.45, 7) is 3.87. The number of carbonyl (C=O) groups is 1. The summed E-state index contributed by atoms with van der Waals surface area (Å²) in [6, 6.07) is 10.2. The molecule has 2 saturated heterocycles. The van der Waals surface area contributed by atoms with Crippen molar-refractivity contribution < 1.29 is 14.6 Å². The fourth-order valence-corrected chi connectivity index (χ4v) is 5.92. The molecule has 6 rings (SSSR count). The second-order valence-electron chi connectivity index (χ2n) is 9.18. The van der Waals surface area contributed by atoms with Gasteiger partial charge in [-0.25, -0.2) is 9.78 Å². The Morgan fingerprint density at radius 3 is 2.75 bits per heavy atom. The van der Waals surface area contributed by atoms with Crippen LogP contribution in [0.3, 0.4) is 0 Å². The molecule has 1 spiro atoms. The summed E-state index contributed by atoms with van der Waals surface area (Å²) < 4.78 is 8.44. The summed E-state index contributed by atoms with van der Waals surface area (Å²) in [5.41, 5.74) is 4.14. The second kappa shape index (κ2) is 10.7. The predicted octanol–water partition coefficient (Wildman–Crippen LogP) is 4.25. The van der Waals surface area contributed by atoms with Crippen molar-refractivity contribution in [2.75, 3.05) is 38.7 Å². The predicted molar refractivity (Wildman–Crippen MR) is 140 cm³/mol. The highest BCUT2D eigenvalue weighted by Crippen LogP contribution is 2.40. The van der Waals surface area contributed by atoms with E-state index in [1.165, 1.54) is 16.9 Å². The van der Waals surface area contributed by atoms with E-state index in [-0.39, 0.29) is 11.4 Å². The maximum absolute atomic E-state index is 13.0. The van der Waals surface area contributed by atoms with Gasteiger partial charge in [-0.3, -0.25) is 15.0 Å². The van der Waals surface area contributed by atoms with Gasteiger partial charge in [0, 0.05) is 56.9 Å². The Morgan fingerprint density at radius 1 is 1.14 bits per heavy atom. The molecule has 188 valence electrons. The number of rotatable bonds is 4. The number of ether oxygens (including phenoxy) is 1. The summed E-state index contributed by atoms with van der Waals surface area (Å²) in [5, 5.41) is 15.2. The summed E-state index contributed by atoms with van der Waals surface area (Å²) in [7, 11) is 1.00. The molecule has 2 fully saturated rings. The number of amides is 2. The second-order valence-corrected chi connectivity index (χ2v) is 10.2. The number of nitrogens with one attached hydrogen (secondary N) is 1. The number of aromatic nitrogens is 4. The highest BCUT2D eigenvalue weighted by molar-refractivity contribution is 7.22. The molecule has 2 aliphatic rings. The third-order valence-corrected chi connectivity index (χ3v) is 7.94. The van der Waals surface area contributed by atoms with Crippen LogP contribution in [0.5, 0.6) is 0 Å². The van der Waals surface area contributed by atoms with Crippen LogP contribution >= 0.6 is 11.3 Å². The van der Waals surface area contributed by atoms with E-state index in [4.69, 9.17) is 9.84 Å². The molecular formula is C26H30N6O3S. The van der Waals surface area contributed by atoms with Crippen LogP contribution in [-0.4, -0.2) is 69.2 Å². The number of likely N-dealkylation sites (tertiary alicyclic amines) is 1. The van der Waals surface area contributed by atoms with Crippen molar-refractivity contribution in [3.8, 4) is 11.1 Å². The average Bonchev–Trinajstić information content (AvgIpc) is 3.65. The van der Waals surface area contributed by atoms with Crippen molar-refractivity contribution in [2.24, 2.45) is 5.41 Å². The first-order valence-electron chi connectivity index (χ1n) is 12.1. The topological polar surface area (TPSA) is 105 Å². The fourth-order valence-electron chi connectivity index (χ4n) is 4.96. The Bertz CT molecular complexity index is 1320. The quantitative estimate of drug-likeness (QED) is 0.429. The lowest BCUT2D eigenvalue weighted by atomic mass is 9.80. The molecular weight excluding hydrogens is 476 g/mol. The molecule has 0 saturated carbocycles. The number of hydrogen-bond acceptors (Lipinski definition) is 7. The van der Waals surface area contributed by atoms with Gasteiger partial charge in [-0.2, -0.15) is 5.10 Å². The van der Waals surface area contributed by atoms with Crippen molar-refractivity contribution in [1.29, 1.82) is 0 Å². The minimum absolute atomic E-state index is 0.0763. The molecule has 10 heteroatoms. The van der Waals surface area contributed by atoms with Gasteiger partial charge in [-0.1, -0.05) is 41.7 Å². The summed E-state index contributed by atoms with van der Waals surface area (Å²) in [4.78, 5) is 23.9. The Labute approximate surface area is 213 Å². The highest BCUT2D eigenvalue weighted by Gasteiger charge is 2.41. The number of aliphatic hydroxyl groups excluding tert-OH is 1. The zero-order valence-corrected chi connectivity index (χ0v) is 21.1. The molecule has 0 unspecified atom stereocenters. The molecule has 36 heavy (non-hydrogen) atoms. The number of fused-ring (bicyclic) bond motifs is 1. The van der Waals surface area contributed by atoms with Crippen LogP contribution in [-0.2, 0) is 11.3 Å². The molecule has 2 aliphatic heterocycles. The van der Waals surface area contributed by atoms with Crippen LogP contribution in [0.2, 0.25) is 0 Å². The molecule has 4 aromatic rings. The van der Waals surface area contributed by atoms with Gasteiger partial charge in [0.1, 0.15) is 5.52 Å². The van der Waals surface area contributed by atoms with Crippen LogP contribution in [0, 0.1) is 5.41 Å². The van der Waals surface area contributed by atoms with Gasteiger partial charge in [0.05, 0.1) is 23.6 Å². The summed E-state index contributed by atoms with van der Waals surface area (Å²) in [5.74, 6) is 0. The van der Waals surface area contributed by atoms with Gasteiger partial charge < -0.3 is 14.7 Å². The number of anilines is 1. The van der Waals surface area contributed by atoms with E-state index in [0.717, 1.165) is 74.0 Å². The first kappa shape index (κ1) is 24.4. The Balaban J connectivity index is 0.00000130. The van der Waals surface area contributed by atoms with E-state index in [0.29, 0.717) is 11.7 Å². The highest BCUT2D eigenvalue weighted by atomic mass is 32.1. The lowest BCUT2D eigenvalue weighted by Gasteiger charge is -2.33. The van der Waals surface area contributed by atoms with E-state index in [2.05, 4.69) is 32.5 Å². The van der Waals surface area contributed by atoms with Gasteiger partial charge in [0.25, 0.3) is 0 Å². The van der Waals surface area contributed by atoms with Gasteiger partial charge in [-0.05, 0) is 30.2 Å². The number of carbonyl (C=O) groups excluding carboxylic acids is 1. The molecule has 0 atom stereocenters. The maximum Gasteiger partial charge on any atom is 0.323 e. The smallest absolute Gasteiger partial charge is 0.323 e. The van der Waals surface area contributed by atoms with Gasteiger partial charge >= 0.3 is 6.03 Å². The normalized spacial score (nSPS) is 16.7. The number of hydrogen-bond donors (Lipinski definition) is 2. The monoisotopic (exact) mass is 506 g/mol. The minimum Gasteiger partial charge on any atom is -0.400 e. The molecule has 5 heterocycles. The number of nitrogens with zero attached hydrogens (tertiary/aromatic N) is 5. The van der Waals surface area contributed by atoms with Crippen molar-refractivity contribution in [3.63, 3.8) is 0 Å². The van der Waals surface area contributed by atoms with Gasteiger partial charge in [0.15, 0.2) is 5.13 Å². The van der Waals surface area contributed by atoms with Crippen LogP contribution in [0.25, 0.3) is 21.3 Å². The average molecular weight is 507 g/mol. The van der Waals surface area contributed by atoms with E-state index in [9.17, 15) is 4.79 Å². The Hall–Kier alpha value is -3.34. The maximum atomic E-state index is 13.0. The number of pyridine rings is 1. The van der Waals surface area contributed by atoms with E-state index in [1.54, 1.807) is 6.20 Å². The first-order chi connectivity index (χ1) is 17.7. The molecule has 2 N–H and O–H groups in total. The zero-order chi connectivity index (χ0) is 25.0. The lowest BCUT2D eigenvalue weighted by molar-refractivity contribution is 0.0211.